The number of amides is 1. The summed E-state index contributed by atoms with van der Waals surface area (Å²) < 4.78 is 47.0. The van der Waals surface area contributed by atoms with Gasteiger partial charge in [-0.05, 0) is 56.9 Å². The minimum absolute atomic E-state index is 0.0630. The molecule has 0 spiro atoms. The van der Waals surface area contributed by atoms with Gasteiger partial charge >= 0.3 is 6.18 Å². The molecule has 0 saturated heterocycles. The first-order valence-electron chi connectivity index (χ1n) is 12.5. The Balaban J connectivity index is 1.12. The lowest BCUT2D eigenvalue weighted by atomic mass is 9.81. The van der Waals surface area contributed by atoms with Crippen molar-refractivity contribution in [3.63, 3.8) is 0 Å². The Hall–Kier alpha value is -2.34. The number of ether oxygens (including phenoxy) is 1. The Morgan fingerprint density at radius 2 is 2.00 bits per heavy atom. The maximum atomic E-state index is 12.3. The normalized spacial score (nSPS) is 21.4. The van der Waals surface area contributed by atoms with Crippen LogP contribution in [0.15, 0.2) is 9.52 Å². The molecular formula is C24H32F3N5O3S. The molecule has 4 rings (SSSR count). The average molecular weight is 528 g/mol. The van der Waals surface area contributed by atoms with Crippen molar-refractivity contribution < 1.29 is 27.2 Å². The molecule has 1 saturated carbocycles. The van der Waals surface area contributed by atoms with Crippen LogP contribution in [-0.4, -0.2) is 64.6 Å². The molecule has 3 heterocycles. The van der Waals surface area contributed by atoms with Crippen LogP contribution in [0.5, 0.6) is 5.19 Å². The minimum atomic E-state index is -4.21. The fraction of sp³-hybridized carbons (Fsp3) is 0.708. The molecule has 0 bridgehead atoms. The van der Waals surface area contributed by atoms with Gasteiger partial charge in [-0.25, -0.2) is 9.98 Å². The molecule has 1 aliphatic heterocycles. The second-order valence-electron chi connectivity index (χ2n) is 9.55. The van der Waals surface area contributed by atoms with E-state index >= 15 is 0 Å². The van der Waals surface area contributed by atoms with Crippen molar-refractivity contribution in [2.24, 2.45) is 16.8 Å². The number of hydrogen-bond acceptors (Lipinski definition) is 8. The van der Waals surface area contributed by atoms with Crippen molar-refractivity contribution in [2.45, 2.75) is 70.9 Å². The molecule has 12 heteroatoms. The molecule has 0 atom stereocenters. The zero-order valence-electron chi connectivity index (χ0n) is 20.4. The standard InChI is InChI=1S/C24H32F3N5O3S/c1-16-29-21(31-35-16)14-22(33)28-15-18-4-2-17(3-5-18)6-10-32-11-7-19-20(8-12-32)36-23(30-19)34-13-9-24(25,26)27/h15,17-18H,2-14H2,1H3. The first-order chi connectivity index (χ1) is 17.2. The Labute approximate surface area is 212 Å². The van der Waals surface area contributed by atoms with E-state index in [-0.39, 0.29) is 18.9 Å². The lowest BCUT2D eigenvalue weighted by molar-refractivity contribution is -0.139. The second kappa shape index (κ2) is 12.3. The Bertz CT molecular complexity index is 1010. The van der Waals surface area contributed by atoms with E-state index in [0.29, 0.717) is 28.7 Å². The summed E-state index contributed by atoms with van der Waals surface area (Å²) in [5, 5.41) is 4.08. The number of carbonyl (C=O) groups is 1. The van der Waals surface area contributed by atoms with Gasteiger partial charge in [0.1, 0.15) is 0 Å². The third-order valence-electron chi connectivity index (χ3n) is 6.74. The Morgan fingerprint density at radius 3 is 2.72 bits per heavy atom. The van der Waals surface area contributed by atoms with E-state index in [2.05, 4.69) is 25.0 Å². The van der Waals surface area contributed by atoms with E-state index in [9.17, 15) is 18.0 Å². The molecule has 198 valence electrons. The highest BCUT2D eigenvalue weighted by Gasteiger charge is 2.27. The molecule has 8 nitrogen and oxygen atoms in total. The molecule has 2 aliphatic rings. The summed E-state index contributed by atoms with van der Waals surface area (Å²) in [5.74, 6) is 1.58. The lowest BCUT2D eigenvalue weighted by Gasteiger charge is -2.28. The van der Waals surface area contributed by atoms with Crippen LogP contribution in [0.4, 0.5) is 13.2 Å². The first-order valence-corrected chi connectivity index (χ1v) is 13.3. The minimum Gasteiger partial charge on any atom is -0.470 e. The van der Waals surface area contributed by atoms with Crippen LogP contribution < -0.4 is 4.74 Å². The van der Waals surface area contributed by atoms with Crippen molar-refractivity contribution >= 4 is 23.5 Å². The van der Waals surface area contributed by atoms with E-state index in [1.165, 1.54) is 11.3 Å². The molecular weight excluding hydrogens is 495 g/mol. The predicted octanol–water partition coefficient (Wildman–Crippen LogP) is 4.60. The number of fused-ring (bicyclic) bond motifs is 1. The number of aliphatic imine (C=N–C) groups is 1. The van der Waals surface area contributed by atoms with Gasteiger partial charge in [-0.15, -0.1) is 0 Å². The van der Waals surface area contributed by atoms with Crippen LogP contribution >= 0.6 is 11.3 Å². The summed E-state index contributed by atoms with van der Waals surface area (Å²) in [6.07, 6.45) is 3.85. The Kier molecular flexibility index (Phi) is 9.10. The lowest BCUT2D eigenvalue weighted by Crippen LogP contribution is -2.29. The smallest absolute Gasteiger partial charge is 0.392 e. The maximum absolute atomic E-state index is 12.3. The summed E-state index contributed by atoms with van der Waals surface area (Å²) in [6, 6.07) is 0. The molecule has 0 radical (unpaired) electrons. The number of thiazole rings is 1. The third-order valence-corrected chi connectivity index (χ3v) is 7.81. The predicted molar refractivity (Wildman–Crippen MR) is 128 cm³/mol. The number of alkyl halides is 3. The van der Waals surface area contributed by atoms with Crippen molar-refractivity contribution in [2.75, 3.05) is 26.2 Å². The molecule has 0 aromatic carbocycles. The van der Waals surface area contributed by atoms with Gasteiger partial charge in [0.2, 0.25) is 5.89 Å². The highest BCUT2D eigenvalue weighted by atomic mass is 32.1. The fourth-order valence-corrected chi connectivity index (χ4v) is 5.67. The van der Waals surface area contributed by atoms with Crippen molar-refractivity contribution in [1.82, 2.24) is 20.0 Å². The van der Waals surface area contributed by atoms with Gasteiger partial charge < -0.3 is 14.2 Å². The highest BCUT2D eigenvalue weighted by Crippen LogP contribution is 2.32. The summed E-state index contributed by atoms with van der Waals surface area (Å²) >= 11 is 1.38. The van der Waals surface area contributed by atoms with Gasteiger partial charge in [0, 0.05) is 37.5 Å². The highest BCUT2D eigenvalue weighted by molar-refractivity contribution is 7.13. The van der Waals surface area contributed by atoms with Gasteiger partial charge in [-0.3, -0.25) is 4.79 Å². The first kappa shape index (κ1) is 26.7. The monoisotopic (exact) mass is 527 g/mol. The average Bonchev–Trinajstić information content (AvgIpc) is 3.36. The van der Waals surface area contributed by atoms with E-state index in [1.54, 1.807) is 13.1 Å². The molecule has 1 aliphatic carbocycles. The van der Waals surface area contributed by atoms with Crippen LogP contribution in [0.1, 0.15) is 60.8 Å². The van der Waals surface area contributed by atoms with E-state index < -0.39 is 12.6 Å². The van der Waals surface area contributed by atoms with Crippen LogP contribution in [0.3, 0.4) is 0 Å². The third kappa shape index (κ3) is 8.36. The van der Waals surface area contributed by atoms with Crippen LogP contribution in [-0.2, 0) is 24.1 Å². The summed E-state index contributed by atoms with van der Waals surface area (Å²) in [4.78, 5) is 28.2. The summed E-state index contributed by atoms with van der Waals surface area (Å²) in [5.41, 5.74) is 0.966. The number of carbonyl (C=O) groups excluding carboxylic acids is 1. The quantitative estimate of drug-likeness (QED) is 0.440. The van der Waals surface area contributed by atoms with Gasteiger partial charge in [-0.2, -0.15) is 18.2 Å². The zero-order valence-corrected chi connectivity index (χ0v) is 21.2. The number of aryl methyl sites for hydroxylation is 1. The molecule has 0 N–H and O–H groups in total. The molecule has 1 amide bonds. The van der Waals surface area contributed by atoms with Crippen LogP contribution in [0.2, 0.25) is 0 Å². The topological polar surface area (TPSA) is 93.7 Å². The fourth-order valence-electron chi connectivity index (χ4n) is 4.70. The molecule has 36 heavy (non-hydrogen) atoms. The van der Waals surface area contributed by atoms with Crippen molar-refractivity contribution in [3.05, 3.63) is 22.3 Å². The SMILES string of the molecule is Cc1nc(CC(=O)N=CC2CCC(CCN3CCc4nc(OCCC(F)(F)F)sc4CC3)CC2)no1. The van der Waals surface area contributed by atoms with Crippen molar-refractivity contribution in [3.8, 4) is 5.19 Å². The Morgan fingerprint density at radius 1 is 1.22 bits per heavy atom. The molecule has 2 aromatic rings. The number of nitrogens with zero attached hydrogens (tertiary/aromatic N) is 5. The zero-order chi connectivity index (χ0) is 25.5. The van der Waals surface area contributed by atoms with Crippen LogP contribution in [0, 0.1) is 18.8 Å². The molecule has 2 aromatic heterocycles. The summed E-state index contributed by atoms with van der Waals surface area (Å²) in [7, 11) is 0. The summed E-state index contributed by atoms with van der Waals surface area (Å²) in [6.45, 7) is 4.18. The van der Waals surface area contributed by atoms with Crippen LogP contribution in [0.25, 0.3) is 0 Å². The van der Waals surface area contributed by atoms with E-state index in [1.807, 2.05) is 0 Å². The largest absolute Gasteiger partial charge is 0.470 e. The molecule has 0 unspecified atom stereocenters. The van der Waals surface area contributed by atoms with Gasteiger partial charge in [0.15, 0.2) is 5.82 Å². The van der Waals surface area contributed by atoms with Gasteiger partial charge in [0.25, 0.3) is 11.1 Å². The van der Waals surface area contributed by atoms with E-state index in [4.69, 9.17) is 9.26 Å². The molecule has 1 fully saturated rings. The van der Waals surface area contributed by atoms with Crippen molar-refractivity contribution in [1.29, 1.82) is 0 Å². The second-order valence-corrected chi connectivity index (χ2v) is 10.6. The number of halogens is 3. The number of aromatic nitrogens is 3. The van der Waals surface area contributed by atoms with E-state index in [0.717, 1.165) is 75.2 Å². The maximum Gasteiger partial charge on any atom is 0.392 e. The number of hydrogen-bond donors (Lipinski definition) is 0. The van der Waals surface area contributed by atoms with Gasteiger partial charge in [-0.1, -0.05) is 16.5 Å². The number of rotatable bonds is 9. The van der Waals surface area contributed by atoms with Gasteiger partial charge in [0.05, 0.1) is 25.1 Å².